The van der Waals surface area contributed by atoms with E-state index in [-0.39, 0.29) is 18.3 Å². The van der Waals surface area contributed by atoms with Crippen molar-refractivity contribution >= 4 is 34.1 Å². The zero-order valence-electron chi connectivity index (χ0n) is 21.6. The SMILES string of the molecule is Cc1cc(-c2cccc(B3OC(C)(C)C(C)(C)O3)c2)cc2ccc(-c3cccc4ccccc34)cc12. The highest BCUT2D eigenvalue weighted by atomic mass is 16.7. The summed E-state index contributed by atoms with van der Waals surface area (Å²) in [4.78, 5) is 0. The van der Waals surface area contributed by atoms with Crippen LogP contribution < -0.4 is 5.46 Å². The molecule has 0 aliphatic carbocycles. The van der Waals surface area contributed by atoms with E-state index >= 15 is 0 Å². The van der Waals surface area contributed by atoms with E-state index in [1.807, 2.05) is 0 Å². The molecule has 5 aromatic carbocycles. The van der Waals surface area contributed by atoms with E-state index in [4.69, 9.17) is 9.31 Å². The molecular weight excluding hydrogens is 439 g/mol. The van der Waals surface area contributed by atoms with Crippen molar-refractivity contribution in [1.82, 2.24) is 0 Å². The average Bonchev–Trinajstić information content (AvgIpc) is 3.10. The molecule has 0 N–H and O–H groups in total. The molecule has 0 saturated carbocycles. The summed E-state index contributed by atoms with van der Waals surface area (Å²) >= 11 is 0. The lowest BCUT2D eigenvalue weighted by molar-refractivity contribution is 0.00578. The maximum atomic E-state index is 6.30. The molecule has 0 atom stereocenters. The molecule has 1 heterocycles. The molecule has 0 unspecified atom stereocenters. The van der Waals surface area contributed by atoms with Gasteiger partial charge in [-0.25, -0.2) is 0 Å². The van der Waals surface area contributed by atoms with Gasteiger partial charge in [0.05, 0.1) is 11.2 Å². The second-order valence-electron chi connectivity index (χ2n) is 11.0. The quantitative estimate of drug-likeness (QED) is 0.249. The number of aryl methyl sites for hydroxylation is 1. The topological polar surface area (TPSA) is 18.5 Å². The Labute approximate surface area is 214 Å². The van der Waals surface area contributed by atoms with Gasteiger partial charge < -0.3 is 9.31 Å². The van der Waals surface area contributed by atoms with Crippen LogP contribution in [0.2, 0.25) is 0 Å². The summed E-state index contributed by atoms with van der Waals surface area (Å²) in [6.07, 6.45) is 0. The highest BCUT2D eigenvalue weighted by Crippen LogP contribution is 2.37. The van der Waals surface area contributed by atoms with Crippen LogP contribution in [0.25, 0.3) is 43.8 Å². The first-order valence-electron chi connectivity index (χ1n) is 12.7. The number of benzene rings is 5. The fourth-order valence-corrected chi connectivity index (χ4v) is 5.20. The molecule has 0 spiro atoms. The van der Waals surface area contributed by atoms with Gasteiger partial charge in [-0.2, -0.15) is 0 Å². The zero-order valence-corrected chi connectivity index (χ0v) is 21.6. The van der Waals surface area contributed by atoms with Gasteiger partial charge in [0.25, 0.3) is 0 Å². The predicted octanol–water partition coefficient (Wildman–Crippen LogP) is 7.93. The fraction of sp³-hybridized carbons (Fsp3) is 0.212. The molecule has 1 aliphatic rings. The number of rotatable bonds is 3. The van der Waals surface area contributed by atoms with Gasteiger partial charge in [-0.05, 0) is 102 Å². The second-order valence-corrected chi connectivity index (χ2v) is 11.0. The molecule has 36 heavy (non-hydrogen) atoms. The Morgan fingerprint density at radius 1 is 0.556 bits per heavy atom. The molecule has 5 aromatic rings. The third kappa shape index (κ3) is 3.84. The minimum absolute atomic E-state index is 0.352. The standard InChI is InChI=1S/C33H31BO2/c1-22-18-27(24-12-8-13-28(20-24)34-35-32(2,3)33(4,5)36-34)19-25-16-17-26(21-31(22)25)30-15-9-11-23-10-6-7-14-29(23)30/h6-21H,1-5H3. The minimum Gasteiger partial charge on any atom is -0.399 e. The zero-order chi connectivity index (χ0) is 25.1. The van der Waals surface area contributed by atoms with Gasteiger partial charge in [-0.15, -0.1) is 0 Å². The third-order valence-corrected chi connectivity index (χ3v) is 8.01. The van der Waals surface area contributed by atoms with Crippen LogP contribution in [0, 0.1) is 6.92 Å². The highest BCUT2D eigenvalue weighted by Gasteiger charge is 2.51. The van der Waals surface area contributed by atoms with E-state index < -0.39 is 0 Å². The number of hydrogen-bond acceptors (Lipinski definition) is 2. The Morgan fingerprint density at radius 3 is 2.08 bits per heavy atom. The molecule has 0 amide bonds. The van der Waals surface area contributed by atoms with Crippen LogP contribution in [-0.4, -0.2) is 18.3 Å². The molecule has 1 fully saturated rings. The summed E-state index contributed by atoms with van der Waals surface area (Å²) in [7, 11) is -0.361. The Bertz CT molecular complexity index is 1590. The van der Waals surface area contributed by atoms with Crippen molar-refractivity contribution in [3.05, 3.63) is 103 Å². The lowest BCUT2D eigenvalue weighted by atomic mass is 9.78. The molecule has 0 radical (unpaired) electrons. The average molecular weight is 470 g/mol. The summed E-state index contributed by atoms with van der Waals surface area (Å²) in [6, 6.07) is 35.1. The van der Waals surface area contributed by atoms with Crippen LogP contribution in [0.1, 0.15) is 33.3 Å². The number of fused-ring (bicyclic) bond motifs is 2. The Kier molecular flexibility index (Phi) is 5.33. The normalized spacial score (nSPS) is 16.6. The van der Waals surface area contributed by atoms with E-state index in [0.717, 1.165) is 5.46 Å². The van der Waals surface area contributed by atoms with Crippen LogP contribution in [0.15, 0.2) is 97.1 Å². The van der Waals surface area contributed by atoms with Crippen molar-refractivity contribution in [2.24, 2.45) is 0 Å². The van der Waals surface area contributed by atoms with E-state index in [9.17, 15) is 0 Å². The second kappa shape index (κ2) is 8.33. The van der Waals surface area contributed by atoms with Crippen molar-refractivity contribution in [3.8, 4) is 22.3 Å². The van der Waals surface area contributed by atoms with E-state index in [0.29, 0.717) is 0 Å². The summed E-state index contributed by atoms with van der Waals surface area (Å²) < 4.78 is 12.6. The molecule has 1 saturated heterocycles. The Hall–Kier alpha value is -3.40. The van der Waals surface area contributed by atoms with Crippen LogP contribution in [0.3, 0.4) is 0 Å². The summed E-state index contributed by atoms with van der Waals surface area (Å²) in [6.45, 7) is 10.6. The lowest BCUT2D eigenvalue weighted by Gasteiger charge is -2.32. The maximum absolute atomic E-state index is 6.30. The smallest absolute Gasteiger partial charge is 0.399 e. The van der Waals surface area contributed by atoms with Gasteiger partial charge in [0.2, 0.25) is 0 Å². The lowest BCUT2D eigenvalue weighted by Crippen LogP contribution is -2.41. The Morgan fingerprint density at radius 2 is 1.28 bits per heavy atom. The molecule has 178 valence electrons. The summed E-state index contributed by atoms with van der Waals surface area (Å²) in [5.74, 6) is 0. The molecule has 3 heteroatoms. The van der Waals surface area contributed by atoms with Crippen molar-refractivity contribution in [2.75, 3.05) is 0 Å². The van der Waals surface area contributed by atoms with Gasteiger partial charge in [-0.3, -0.25) is 0 Å². The van der Waals surface area contributed by atoms with E-state index in [1.165, 1.54) is 49.4 Å². The minimum atomic E-state index is -0.361. The monoisotopic (exact) mass is 470 g/mol. The highest BCUT2D eigenvalue weighted by molar-refractivity contribution is 6.62. The molecule has 1 aliphatic heterocycles. The van der Waals surface area contributed by atoms with Crippen molar-refractivity contribution in [3.63, 3.8) is 0 Å². The van der Waals surface area contributed by atoms with Gasteiger partial charge in [0.15, 0.2) is 0 Å². The van der Waals surface area contributed by atoms with Gasteiger partial charge >= 0.3 is 7.12 Å². The Balaban J connectivity index is 1.38. The van der Waals surface area contributed by atoms with Crippen molar-refractivity contribution in [1.29, 1.82) is 0 Å². The summed E-state index contributed by atoms with van der Waals surface area (Å²) in [5, 5.41) is 5.08. The molecule has 2 nitrogen and oxygen atoms in total. The predicted molar refractivity (Wildman–Crippen MR) is 153 cm³/mol. The van der Waals surface area contributed by atoms with Gasteiger partial charge in [0, 0.05) is 0 Å². The fourth-order valence-electron chi connectivity index (χ4n) is 5.20. The first-order valence-corrected chi connectivity index (χ1v) is 12.7. The summed E-state index contributed by atoms with van der Waals surface area (Å²) in [5.41, 5.74) is 6.51. The molecule has 0 aromatic heterocycles. The van der Waals surface area contributed by atoms with Gasteiger partial charge in [0.1, 0.15) is 0 Å². The third-order valence-electron chi connectivity index (χ3n) is 8.01. The van der Waals surface area contributed by atoms with Crippen LogP contribution in [-0.2, 0) is 9.31 Å². The first-order chi connectivity index (χ1) is 17.2. The van der Waals surface area contributed by atoms with E-state index in [2.05, 4.69) is 132 Å². The van der Waals surface area contributed by atoms with Crippen LogP contribution in [0.5, 0.6) is 0 Å². The first kappa shape index (κ1) is 23.0. The maximum Gasteiger partial charge on any atom is 0.494 e. The molecular formula is C33H31BO2. The molecule has 0 bridgehead atoms. The van der Waals surface area contributed by atoms with Crippen molar-refractivity contribution in [2.45, 2.75) is 45.8 Å². The van der Waals surface area contributed by atoms with Crippen LogP contribution >= 0.6 is 0 Å². The molecule has 6 rings (SSSR count). The van der Waals surface area contributed by atoms with E-state index in [1.54, 1.807) is 0 Å². The number of hydrogen-bond donors (Lipinski definition) is 0. The van der Waals surface area contributed by atoms with Crippen molar-refractivity contribution < 1.29 is 9.31 Å². The largest absolute Gasteiger partial charge is 0.494 e. The van der Waals surface area contributed by atoms with Crippen LogP contribution in [0.4, 0.5) is 0 Å². The van der Waals surface area contributed by atoms with Gasteiger partial charge in [-0.1, -0.05) is 84.9 Å².